The van der Waals surface area contributed by atoms with E-state index in [0.717, 1.165) is 22.6 Å². The summed E-state index contributed by atoms with van der Waals surface area (Å²) < 4.78 is 10.6. The van der Waals surface area contributed by atoms with Crippen LogP contribution >= 0.6 is 0 Å². The predicted octanol–water partition coefficient (Wildman–Crippen LogP) is 3.79. The van der Waals surface area contributed by atoms with Crippen molar-refractivity contribution >= 4 is 17.7 Å². The van der Waals surface area contributed by atoms with Crippen molar-refractivity contribution in [1.82, 2.24) is 0 Å². The summed E-state index contributed by atoms with van der Waals surface area (Å²) in [6.07, 6.45) is 3.39. The number of hydrogen-bond donors (Lipinski definition) is 0. The quantitative estimate of drug-likeness (QED) is 0.807. The smallest absolute Gasteiger partial charge is 0.250 e. The van der Waals surface area contributed by atoms with Crippen LogP contribution in [0.5, 0.6) is 11.5 Å². The van der Waals surface area contributed by atoms with Gasteiger partial charge in [0.25, 0.3) is 5.91 Å². The first-order valence-electron chi connectivity index (χ1n) is 7.64. The summed E-state index contributed by atoms with van der Waals surface area (Å²) in [4.78, 5) is 14.3. The minimum absolute atomic E-state index is 0.0422. The molecule has 1 heterocycles. The minimum Gasteiger partial charge on any atom is -0.454 e. The Balaban J connectivity index is 1.78. The van der Waals surface area contributed by atoms with Gasteiger partial charge in [0.2, 0.25) is 6.79 Å². The Kier molecular flexibility index (Phi) is 4.33. The summed E-state index contributed by atoms with van der Waals surface area (Å²) in [6, 6.07) is 13.5. The molecule has 0 saturated carbocycles. The average Bonchev–Trinajstić information content (AvgIpc) is 3.03. The average molecular weight is 309 g/mol. The lowest BCUT2D eigenvalue weighted by atomic mass is 10.1. The Bertz CT molecular complexity index is 752. The topological polar surface area (TPSA) is 38.8 Å². The van der Waals surface area contributed by atoms with E-state index in [1.54, 1.807) is 17.1 Å². The van der Waals surface area contributed by atoms with Gasteiger partial charge in [-0.25, -0.2) is 0 Å². The number of anilines is 1. The number of aryl methyl sites for hydroxylation is 1. The molecule has 1 aliphatic heterocycles. The molecule has 0 bridgehead atoms. The van der Waals surface area contributed by atoms with Crippen molar-refractivity contribution in [3.8, 4) is 11.5 Å². The standard InChI is InChI=1S/C19H19NO3/c1-3-20(16-7-5-4-6-14(16)2)19(21)11-9-15-8-10-17-18(12-15)23-13-22-17/h4-12H,3,13H2,1-2H3/b11-9+. The molecule has 0 atom stereocenters. The highest BCUT2D eigenvalue weighted by atomic mass is 16.7. The predicted molar refractivity (Wildman–Crippen MR) is 90.8 cm³/mol. The number of hydrogen-bond acceptors (Lipinski definition) is 3. The van der Waals surface area contributed by atoms with Gasteiger partial charge in [-0.2, -0.15) is 0 Å². The number of amides is 1. The van der Waals surface area contributed by atoms with E-state index in [-0.39, 0.29) is 12.7 Å². The fraction of sp³-hybridized carbons (Fsp3) is 0.211. The number of carbonyl (C=O) groups excluding carboxylic acids is 1. The van der Waals surface area contributed by atoms with Crippen LogP contribution in [0.1, 0.15) is 18.1 Å². The van der Waals surface area contributed by atoms with Gasteiger partial charge in [-0.1, -0.05) is 24.3 Å². The van der Waals surface area contributed by atoms with E-state index >= 15 is 0 Å². The summed E-state index contributed by atoms with van der Waals surface area (Å²) in [7, 11) is 0. The van der Waals surface area contributed by atoms with Crippen molar-refractivity contribution in [2.45, 2.75) is 13.8 Å². The lowest BCUT2D eigenvalue weighted by Crippen LogP contribution is -2.29. The first kappa shape index (κ1) is 15.2. The van der Waals surface area contributed by atoms with Gasteiger partial charge in [-0.3, -0.25) is 4.79 Å². The van der Waals surface area contributed by atoms with Crippen molar-refractivity contribution in [2.24, 2.45) is 0 Å². The fourth-order valence-corrected chi connectivity index (χ4v) is 2.59. The van der Waals surface area contributed by atoms with Crippen LogP contribution in [0.2, 0.25) is 0 Å². The van der Waals surface area contributed by atoms with Crippen molar-refractivity contribution in [3.05, 3.63) is 59.7 Å². The fourth-order valence-electron chi connectivity index (χ4n) is 2.59. The molecule has 4 heteroatoms. The zero-order valence-corrected chi connectivity index (χ0v) is 13.3. The number of carbonyl (C=O) groups is 1. The van der Waals surface area contributed by atoms with E-state index in [1.807, 2.05) is 56.3 Å². The molecule has 0 spiro atoms. The molecule has 3 rings (SSSR count). The van der Waals surface area contributed by atoms with Gasteiger partial charge in [-0.15, -0.1) is 0 Å². The number of ether oxygens (including phenoxy) is 2. The molecule has 2 aromatic rings. The molecule has 0 unspecified atom stereocenters. The second-order valence-corrected chi connectivity index (χ2v) is 5.32. The summed E-state index contributed by atoms with van der Waals surface area (Å²) >= 11 is 0. The summed E-state index contributed by atoms with van der Waals surface area (Å²) in [6.45, 7) is 4.85. The van der Waals surface area contributed by atoms with Gasteiger partial charge in [-0.05, 0) is 49.2 Å². The van der Waals surface area contributed by atoms with Gasteiger partial charge in [0.1, 0.15) is 0 Å². The van der Waals surface area contributed by atoms with Gasteiger partial charge in [0.15, 0.2) is 11.5 Å². The Hall–Kier alpha value is -2.75. The lowest BCUT2D eigenvalue weighted by molar-refractivity contribution is -0.114. The third-order valence-corrected chi connectivity index (χ3v) is 3.80. The lowest BCUT2D eigenvalue weighted by Gasteiger charge is -2.21. The monoisotopic (exact) mass is 309 g/mol. The summed E-state index contributed by atoms with van der Waals surface area (Å²) in [5, 5.41) is 0. The number of benzene rings is 2. The summed E-state index contributed by atoms with van der Waals surface area (Å²) in [5.41, 5.74) is 2.93. The minimum atomic E-state index is -0.0422. The number of para-hydroxylation sites is 1. The summed E-state index contributed by atoms with van der Waals surface area (Å²) in [5.74, 6) is 1.41. The second-order valence-electron chi connectivity index (χ2n) is 5.32. The maximum atomic E-state index is 12.5. The van der Waals surface area contributed by atoms with Crippen molar-refractivity contribution in [3.63, 3.8) is 0 Å². The Morgan fingerprint density at radius 2 is 1.96 bits per heavy atom. The third-order valence-electron chi connectivity index (χ3n) is 3.80. The van der Waals surface area contributed by atoms with Gasteiger partial charge in [0, 0.05) is 18.3 Å². The Labute approximate surface area is 135 Å². The first-order valence-corrected chi connectivity index (χ1v) is 7.64. The van der Waals surface area contributed by atoms with Crippen LogP contribution in [0.15, 0.2) is 48.5 Å². The Morgan fingerprint density at radius 1 is 1.17 bits per heavy atom. The Morgan fingerprint density at radius 3 is 2.74 bits per heavy atom. The first-order chi connectivity index (χ1) is 11.2. The van der Waals surface area contributed by atoms with E-state index in [2.05, 4.69) is 0 Å². The molecule has 4 nitrogen and oxygen atoms in total. The highest BCUT2D eigenvalue weighted by molar-refractivity contribution is 6.04. The number of fused-ring (bicyclic) bond motifs is 1. The maximum Gasteiger partial charge on any atom is 0.250 e. The van der Waals surface area contributed by atoms with Crippen molar-refractivity contribution in [1.29, 1.82) is 0 Å². The van der Waals surface area contributed by atoms with Crippen LogP contribution in [-0.2, 0) is 4.79 Å². The molecule has 1 aliphatic rings. The zero-order valence-electron chi connectivity index (χ0n) is 13.3. The molecule has 0 aromatic heterocycles. The molecular formula is C19H19NO3. The molecule has 0 radical (unpaired) electrons. The number of likely N-dealkylation sites (N-methyl/N-ethyl adjacent to an activating group) is 1. The van der Waals surface area contributed by atoms with Crippen molar-refractivity contribution < 1.29 is 14.3 Å². The van der Waals surface area contributed by atoms with E-state index in [0.29, 0.717) is 12.3 Å². The van der Waals surface area contributed by atoms with E-state index < -0.39 is 0 Å². The molecular weight excluding hydrogens is 290 g/mol. The molecule has 0 saturated heterocycles. The number of rotatable bonds is 4. The van der Waals surface area contributed by atoms with Crippen molar-refractivity contribution in [2.75, 3.05) is 18.2 Å². The van der Waals surface area contributed by atoms with Crippen LogP contribution in [-0.4, -0.2) is 19.2 Å². The molecule has 1 amide bonds. The van der Waals surface area contributed by atoms with Gasteiger partial charge < -0.3 is 14.4 Å². The normalized spacial score (nSPS) is 12.6. The number of nitrogens with zero attached hydrogens (tertiary/aromatic N) is 1. The van der Waals surface area contributed by atoms with E-state index in [1.165, 1.54) is 0 Å². The highest BCUT2D eigenvalue weighted by Gasteiger charge is 2.14. The molecule has 0 fully saturated rings. The molecule has 118 valence electrons. The van der Waals surface area contributed by atoms with Crippen LogP contribution in [0.3, 0.4) is 0 Å². The zero-order chi connectivity index (χ0) is 16.2. The van der Waals surface area contributed by atoms with Crippen LogP contribution in [0.25, 0.3) is 6.08 Å². The molecule has 2 aromatic carbocycles. The maximum absolute atomic E-state index is 12.5. The molecule has 23 heavy (non-hydrogen) atoms. The SMILES string of the molecule is CCN(C(=O)/C=C/c1ccc2c(c1)OCO2)c1ccccc1C. The highest BCUT2D eigenvalue weighted by Crippen LogP contribution is 2.32. The third kappa shape index (κ3) is 3.21. The van der Waals surface area contributed by atoms with Gasteiger partial charge in [0.05, 0.1) is 0 Å². The van der Waals surface area contributed by atoms with Crippen LogP contribution in [0, 0.1) is 6.92 Å². The van der Waals surface area contributed by atoms with Gasteiger partial charge >= 0.3 is 0 Å². The van der Waals surface area contributed by atoms with E-state index in [9.17, 15) is 4.79 Å². The molecule has 0 aliphatic carbocycles. The largest absolute Gasteiger partial charge is 0.454 e. The molecule has 0 N–H and O–H groups in total. The van der Waals surface area contributed by atoms with Crippen LogP contribution in [0.4, 0.5) is 5.69 Å². The second kappa shape index (κ2) is 6.57. The van der Waals surface area contributed by atoms with E-state index in [4.69, 9.17) is 9.47 Å². The van der Waals surface area contributed by atoms with Crippen LogP contribution < -0.4 is 14.4 Å².